The van der Waals surface area contributed by atoms with Gasteiger partial charge in [0.15, 0.2) is 0 Å². The van der Waals surface area contributed by atoms with E-state index in [1.807, 2.05) is 0 Å². The molecule has 16 heteroatoms. The van der Waals surface area contributed by atoms with E-state index in [1.54, 1.807) is 0 Å². The normalized spacial score (nSPS) is 14.1. The predicted octanol–water partition coefficient (Wildman–Crippen LogP) is -3.21. The van der Waals surface area contributed by atoms with Crippen LogP contribution in [-0.4, -0.2) is 85.4 Å². The molecule has 0 saturated carbocycles. The van der Waals surface area contributed by atoms with Crippen LogP contribution in [0.15, 0.2) is 25.0 Å². The van der Waals surface area contributed by atoms with Crippen molar-refractivity contribution in [2.75, 3.05) is 6.54 Å². The summed E-state index contributed by atoms with van der Waals surface area (Å²) >= 11 is 0. The Kier molecular flexibility index (Phi) is 11.9. The molecule has 0 aliphatic rings. The van der Waals surface area contributed by atoms with Gasteiger partial charge in [0.1, 0.15) is 18.1 Å². The minimum Gasteiger partial charge on any atom is -0.480 e. The Bertz CT molecular complexity index is 1060. The number of carbonyl (C=O) groups is 5. The summed E-state index contributed by atoms with van der Waals surface area (Å²) in [6, 6.07) is -5.00. The molecule has 2 aromatic heterocycles. The molecule has 4 unspecified atom stereocenters. The molecule has 208 valence electrons. The average Bonchev–Trinajstić information content (AvgIpc) is 3.56. The highest BCUT2D eigenvalue weighted by molar-refractivity contribution is 5.96. The molecule has 0 fully saturated rings. The second-order valence-corrected chi connectivity index (χ2v) is 8.65. The summed E-state index contributed by atoms with van der Waals surface area (Å²) < 4.78 is 0. The minimum atomic E-state index is -1.49. The van der Waals surface area contributed by atoms with Crippen LogP contribution in [0.3, 0.4) is 0 Å². The molecule has 0 aliphatic heterocycles. The molecule has 0 saturated heterocycles. The first-order valence-electron chi connectivity index (χ1n) is 11.9. The third kappa shape index (κ3) is 9.98. The molecular weight excluding hydrogens is 500 g/mol. The van der Waals surface area contributed by atoms with Gasteiger partial charge in [-0.25, -0.2) is 14.8 Å². The van der Waals surface area contributed by atoms with Crippen molar-refractivity contribution in [3.05, 3.63) is 36.4 Å². The van der Waals surface area contributed by atoms with E-state index in [0.29, 0.717) is 30.8 Å². The molecule has 0 bridgehead atoms. The molecule has 4 atom stereocenters. The van der Waals surface area contributed by atoms with Crippen LogP contribution in [-0.2, 0) is 36.8 Å². The summed E-state index contributed by atoms with van der Waals surface area (Å²) in [7, 11) is 0. The summed E-state index contributed by atoms with van der Waals surface area (Å²) in [5, 5.41) is 16.7. The zero-order valence-corrected chi connectivity index (χ0v) is 20.7. The van der Waals surface area contributed by atoms with Gasteiger partial charge in [-0.1, -0.05) is 0 Å². The number of H-pyrrole nitrogens is 2. The highest BCUT2D eigenvalue weighted by Gasteiger charge is 2.31. The van der Waals surface area contributed by atoms with Crippen molar-refractivity contribution in [3.8, 4) is 0 Å². The number of carbonyl (C=O) groups excluding carboxylic acids is 4. The number of aromatic amines is 2. The van der Waals surface area contributed by atoms with E-state index in [0.717, 1.165) is 0 Å². The highest BCUT2D eigenvalue weighted by Crippen LogP contribution is 2.05. The number of imidazole rings is 2. The van der Waals surface area contributed by atoms with Crippen LogP contribution in [0.1, 0.15) is 37.1 Å². The Labute approximate surface area is 217 Å². The standard InChI is InChI=1S/C22H34N10O6/c23-4-2-1-3-15(22(37)38)30-21(36)17(7-18(25)33)32-20(35)16(6-13-9-27-11-29-13)31-19(34)14(24)5-12-8-26-10-28-12/h8-11,14-17H,1-7,23-24H2,(H2,25,33)(H,26,28)(H,27,29)(H,30,36)(H,31,34)(H,32,35)(H,37,38). The van der Waals surface area contributed by atoms with Crippen molar-refractivity contribution in [2.24, 2.45) is 17.2 Å². The fraction of sp³-hybridized carbons (Fsp3) is 0.500. The maximum Gasteiger partial charge on any atom is 0.326 e. The zero-order valence-electron chi connectivity index (χ0n) is 20.7. The second-order valence-electron chi connectivity index (χ2n) is 8.65. The van der Waals surface area contributed by atoms with Gasteiger partial charge in [-0.2, -0.15) is 0 Å². The van der Waals surface area contributed by atoms with Gasteiger partial charge in [0, 0.05) is 36.6 Å². The van der Waals surface area contributed by atoms with Crippen molar-refractivity contribution in [1.29, 1.82) is 0 Å². The number of hydrogen-bond donors (Lipinski definition) is 9. The third-order valence-corrected chi connectivity index (χ3v) is 5.54. The van der Waals surface area contributed by atoms with Gasteiger partial charge in [-0.05, 0) is 25.8 Å². The van der Waals surface area contributed by atoms with Crippen molar-refractivity contribution < 1.29 is 29.1 Å². The first kappa shape index (κ1) is 29.9. The van der Waals surface area contributed by atoms with E-state index in [-0.39, 0.29) is 19.3 Å². The summed E-state index contributed by atoms with van der Waals surface area (Å²) in [6.07, 6.45) is 6.35. The Morgan fingerprint density at radius 3 is 1.92 bits per heavy atom. The molecule has 0 spiro atoms. The van der Waals surface area contributed by atoms with E-state index < -0.39 is 60.2 Å². The van der Waals surface area contributed by atoms with E-state index >= 15 is 0 Å². The Morgan fingerprint density at radius 1 is 0.842 bits per heavy atom. The number of aliphatic carboxylic acids is 1. The number of carboxylic acid groups (broad SMARTS) is 1. The Balaban J connectivity index is 2.14. The van der Waals surface area contributed by atoms with Crippen LogP contribution in [0.2, 0.25) is 0 Å². The smallest absolute Gasteiger partial charge is 0.326 e. The molecule has 2 aromatic rings. The van der Waals surface area contributed by atoms with Gasteiger partial charge in [-0.3, -0.25) is 19.2 Å². The van der Waals surface area contributed by atoms with Crippen molar-refractivity contribution >= 4 is 29.6 Å². The summed E-state index contributed by atoms with van der Waals surface area (Å²) in [4.78, 5) is 75.4. The van der Waals surface area contributed by atoms with E-state index in [4.69, 9.17) is 17.2 Å². The van der Waals surface area contributed by atoms with Gasteiger partial charge in [-0.15, -0.1) is 0 Å². The predicted molar refractivity (Wildman–Crippen MR) is 133 cm³/mol. The lowest BCUT2D eigenvalue weighted by Gasteiger charge is -2.24. The fourth-order valence-electron chi connectivity index (χ4n) is 3.54. The molecule has 0 aromatic carbocycles. The molecule has 12 N–H and O–H groups in total. The largest absolute Gasteiger partial charge is 0.480 e. The van der Waals surface area contributed by atoms with Gasteiger partial charge < -0.3 is 48.2 Å². The molecule has 38 heavy (non-hydrogen) atoms. The van der Waals surface area contributed by atoms with Crippen LogP contribution in [0.5, 0.6) is 0 Å². The quantitative estimate of drug-likeness (QED) is 0.0915. The first-order chi connectivity index (χ1) is 18.1. The lowest BCUT2D eigenvalue weighted by Crippen LogP contribution is -2.58. The van der Waals surface area contributed by atoms with Crippen LogP contribution in [0, 0.1) is 0 Å². The van der Waals surface area contributed by atoms with Crippen molar-refractivity contribution in [2.45, 2.75) is 62.7 Å². The third-order valence-electron chi connectivity index (χ3n) is 5.54. The number of hydrogen-bond acceptors (Lipinski definition) is 9. The minimum absolute atomic E-state index is 0.0455. The number of carboxylic acids is 1. The molecular formula is C22H34N10O6. The maximum atomic E-state index is 13.2. The Morgan fingerprint density at radius 2 is 1.39 bits per heavy atom. The number of nitrogens with zero attached hydrogens (tertiary/aromatic N) is 2. The topological polar surface area (TPSA) is 277 Å². The lowest BCUT2D eigenvalue weighted by atomic mass is 10.1. The molecule has 0 radical (unpaired) electrons. The average molecular weight is 535 g/mol. The second kappa shape index (κ2) is 15.1. The number of unbranched alkanes of at least 4 members (excludes halogenated alkanes) is 1. The fourth-order valence-corrected chi connectivity index (χ4v) is 3.54. The molecule has 2 heterocycles. The molecule has 16 nitrogen and oxygen atoms in total. The van der Waals surface area contributed by atoms with Crippen molar-refractivity contribution in [1.82, 2.24) is 35.9 Å². The molecule has 4 amide bonds. The van der Waals surface area contributed by atoms with E-state index in [9.17, 15) is 29.1 Å². The zero-order chi connectivity index (χ0) is 28.1. The van der Waals surface area contributed by atoms with Gasteiger partial charge >= 0.3 is 5.97 Å². The highest BCUT2D eigenvalue weighted by atomic mass is 16.4. The molecule has 2 rings (SSSR count). The van der Waals surface area contributed by atoms with Crippen LogP contribution in [0.25, 0.3) is 0 Å². The van der Waals surface area contributed by atoms with Crippen molar-refractivity contribution in [3.63, 3.8) is 0 Å². The Hall–Kier alpha value is -4.31. The maximum absolute atomic E-state index is 13.2. The number of nitrogens with two attached hydrogens (primary N) is 3. The number of rotatable bonds is 17. The van der Waals surface area contributed by atoms with Gasteiger partial charge in [0.05, 0.1) is 25.1 Å². The number of nitrogens with one attached hydrogen (secondary N) is 5. The van der Waals surface area contributed by atoms with Crippen LogP contribution < -0.4 is 33.2 Å². The molecule has 0 aliphatic carbocycles. The summed E-state index contributed by atoms with van der Waals surface area (Å²) in [5.41, 5.74) is 17.8. The van der Waals surface area contributed by atoms with E-state index in [1.165, 1.54) is 25.0 Å². The van der Waals surface area contributed by atoms with Crippen LogP contribution in [0.4, 0.5) is 0 Å². The number of primary amides is 1. The monoisotopic (exact) mass is 534 g/mol. The van der Waals surface area contributed by atoms with E-state index in [2.05, 4.69) is 35.9 Å². The lowest BCUT2D eigenvalue weighted by molar-refractivity contribution is -0.142. The summed E-state index contributed by atoms with van der Waals surface area (Å²) in [5.74, 6) is -4.58. The van der Waals surface area contributed by atoms with Gasteiger partial charge in [0.25, 0.3) is 0 Å². The SMILES string of the molecule is NCCCCC(NC(=O)C(CC(N)=O)NC(=O)C(Cc1cnc[nH]1)NC(=O)C(N)Cc1cnc[nH]1)C(=O)O. The van der Waals surface area contributed by atoms with Crippen LogP contribution >= 0.6 is 0 Å². The summed E-state index contributed by atoms with van der Waals surface area (Å²) in [6.45, 7) is 0.357. The first-order valence-corrected chi connectivity index (χ1v) is 11.9. The number of aromatic nitrogens is 4. The van der Waals surface area contributed by atoms with Gasteiger partial charge in [0.2, 0.25) is 23.6 Å². The number of amides is 4.